The second kappa shape index (κ2) is 9.57. The summed E-state index contributed by atoms with van der Waals surface area (Å²) in [5.74, 6) is 2.00. The Labute approximate surface area is 197 Å². The lowest BCUT2D eigenvalue weighted by Gasteiger charge is -2.35. The molecule has 2 aromatic carbocycles. The number of hydrogen-bond donors (Lipinski definition) is 0. The van der Waals surface area contributed by atoms with Gasteiger partial charge in [0.2, 0.25) is 0 Å². The van der Waals surface area contributed by atoms with Crippen molar-refractivity contribution in [3.8, 4) is 11.5 Å². The zero-order chi connectivity index (χ0) is 23.8. The van der Waals surface area contributed by atoms with Crippen LogP contribution in [0.5, 0.6) is 11.5 Å². The van der Waals surface area contributed by atoms with Crippen LogP contribution in [0.2, 0.25) is 25.2 Å². The second-order valence-electron chi connectivity index (χ2n) is 10.0. The van der Waals surface area contributed by atoms with E-state index in [9.17, 15) is 0 Å². The number of aryl methyl sites for hydroxylation is 4. The van der Waals surface area contributed by atoms with Gasteiger partial charge in [-0.25, -0.2) is 0 Å². The summed E-state index contributed by atoms with van der Waals surface area (Å²) < 4.78 is 11.4. The highest BCUT2D eigenvalue weighted by molar-refractivity contribution is 7.77. The second-order valence-corrected chi connectivity index (χ2v) is 17.6. The first kappa shape index (κ1) is 24.8. The molecule has 0 saturated heterocycles. The van der Waals surface area contributed by atoms with Crippen LogP contribution >= 0.6 is 7.92 Å². The molecule has 1 unspecified atom stereocenters. The van der Waals surface area contributed by atoms with Crippen molar-refractivity contribution in [3.05, 3.63) is 69.6 Å². The van der Waals surface area contributed by atoms with Crippen molar-refractivity contribution in [2.75, 3.05) is 14.2 Å². The van der Waals surface area contributed by atoms with E-state index < -0.39 is 16.0 Å². The van der Waals surface area contributed by atoms with E-state index in [0.717, 1.165) is 17.9 Å². The SMILES string of the molecule is CCC1=CC=C(P(c2cc(C)c(OC)c(C)c2)c2cc(C)c(OC)c(C)c2)C1[Si](C)(C)C. The van der Waals surface area contributed by atoms with E-state index in [1.54, 1.807) is 25.1 Å². The number of hydrogen-bond acceptors (Lipinski definition) is 2. The van der Waals surface area contributed by atoms with Gasteiger partial charge in [-0.1, -0.05) is 44.3 Å². The summed E-state index contributed by atoms with van der Waals surface area (Å²) in [5, 5.41) is 4.45. The summed E-state index contributed by atoms with van der Waals surface area (Å²) in [6, 6.07) is 9.44. The third kappa shape index (κ3) is 4.61. The Morgan fingerprint density at radius 3 is 1.47 bits per heavy atom. The Morgan fingerprint density at radius 2 is 1.16 bits per heavy atom. The number of allylic oxidation sites excluding steroid dienone is 4. The Hall–Kier alpha value is -1.83. The molecule has 4 heteroatoms. The third-order valence-electron chi connectivity index (χ3n) is 6.48. The smallest absolute Gasteiger partial charge is 0.124 e. The maximum absolute atomic E-state index is 5.69. The van der Waals surface area contributed by atoms with Crippen LogP contribution in [0, 0.1) is 27.7 Å². The molecule has 0 bridgehead atoms. The van der Waals surface area contributed by atoms with Crippen molar-refractivity contribution in [1.29, 1.82) is 0 Å². The first-order valence-electron chi connectivity index (χ1n) is 11.5. The molecule has 3 rings (SSSR count). The summed E-state index contributed by atoms with van der Waals surface area (Å²) in [6.07, 6.45) is 6.00. The minimum Gasteiger partial charge on any atom is -0.496 e. The average molecular weight is 467 g/mol. The number of methoxy groups -OCH3 is 2. The maximum atomic E-state index is 5.69. The minimum absolute atomic E-state index is 0.587. The molecule has 32 heavy (non-hydrogen) atoms. The fraction of sp³-hybridized carbons (Fsp3) is 0.429. The van der Waals surface area contributed by atoms with Crippen molar-refractivity contribution in [2.24, 2.45) is 0 Å². The highest BCUT2D eigenvalue weighted by Crippen LogP contribution is 2.58. The van der Waals surface area contributed by atoms with Gasteiger partial charge in [0.1, 0.15) is 11.5 Å². The molecule has 0 heterocycles. The Morgan fingerprint density at radius 1 is 0.750 bits per heavy atom. The topological polar surface area (TPSA) is 18.5 Å². The van der Waals surface area contributed by atoms with Crippen molar-refractivity contribution < 1.29 is 9.47 Å². The molecular weight excluding hydrogens is 427 g/mol. The first-order valence-corrected chi connectivity index (χ1v) is 16.5. The zero-order valence-corrected chi connectivity index (χ0v) is 23.4. The Kier molecular flexibility index (Phi) is 7.42. The van der Waals surface area contributed by atoms with E-state index in [1.165, 1.54) is 32.9 Å². The van der Waals surface area contributed by atoms with Gasteiger partial charge in [-0.3, -0.25) is 0 Å². The van der Waals surface area contributed by atoms with Gasteiger partial charge in [-0.05, 0) is 104 Å². The van der Waals surface area contributed by atoms with Gasteiger partial charge in [-0.15, -0.1) is 0 Å². The van der Waals surface area contributed by atoms with E-state index in [4.69, 9.17) is 9.47 Å². The monoisotopic (exact) mass is 466 g/mol. The number of benzene rings is 2. The van der Waals surface area contributed by atoms with Gasteiger partial charge in [0.25, 0.3) is 0 Å². The molecule has 0 radical (unpaired) electrons. The molecule has 172 valence electrons. The quantitative estimate of drug-likeness (QED) is 0.314. The predicted molar refractivity (Wildman–Crippen MR) is 145 cm³/mol. The van der Waals surface area contributed by atoms with Crippen LogP contribution in [0.25, 0.3) is 0 Å². The van der Waals surface area contributed by atoms with E-state index in [2.05, 4.69) is 90.7 Å². The van der Waals surface area contributed by atoms with Crippen molar-refractivity contribution in [1.82, 2.24) is 0 Å². The predicted octanol–water partition coefficient (Wildman–Crippen LogP) is 7.31. The summed E-state index contributed by atoms with van der Waals surface area (Å²) in [7, 11) is 1.43. The van der Waals surface area contributed by atoms with Crippen LogP contribution in [-0.2, 0) is 0 Å². The van der Waals surface area contributed by atoms with E-state index >= 15 is 0 Å². The lowest BCUT2D eigenvalue weighted by atomic mass is 10.1. The van der Waals surface area contributed by atoms with Gasteiger partial charge < -0.3 is 9.47 Å². The summed E-state index contributed by atoms with van der Waals surface area (Å²) in [5.41, 5.74) is 7.04. The van der Waals surface area contributed by atoms with E-state index in [0.29, 0.717) is 5.54 Å². The average Bonchev–Trinajstić information content (AvgIpc) is 3.12. The van der Waals surface area contributed by atoms with Crippen LogP contribution in [0.4, 0.5) is 0 Å². The van der Waals surface area contributed by atoms with Gasteiger partial charge in [0, 0.05) is 5.54 Å². The zero-order valence-electron chi connectivity index (χ0n) is 21.5. The normalized spacial score (nSPS) is 16.3. The third-order valence-corrected chi connectivity index (χ3v) is 11.6. The number of ether oxygens (including phenoxy) is 2. The highest BCUT2D eigenvalue weighted by Gasteiger charge is 2.38. The van der Waals surface area contributed by atoms with Gasteiger partial charge in [0.15, 0.2) is 0 Å². The fourth-order valence-electron chi connectivity index (χ4n) is 5.30. The van der Waals surface area contributed by atoms with Crippen LogP contribution in [-0.4, -0.2) is 22.3 Å². The molecule has 0 spiro atoms. The maximum Gasteiger partial charge on any atom is 0.124 e. The molecule has 0 amide bonds. The van der Waals surface area contributed by atoms with Crippen molar-refractivity contribution in [3.63, 3.8) is 0 Å². The van der Waals surface area contributed by atoms with Crippen LogP contribution in [0.3, 0.4) is 0 Å². The van der Waals surface area contributed by atoms with Gasteiger partial charge in [-0.2, -0.15) is 0 Å². The van der Waals surface area contributed by atoms with E-state index in [-0.39, 0.29) is 0 Å². The van der Waals surface area contributed by atoms with Crippen LogP contribution in [0.15, 0.2) is 47.3 Å². The lowest BCUT2D eigenvalue weighted by Crippen LogP contribution is -2.31. The standard InChI is InChI=1S/C28H39O2PSi/c1-11-22-12-13-25(28(22)32(8,9)10)31(23-14-18(2)26(29-6)19(3)15-23)24-16-20(4)27(30-7)21(5)17-24/h12-17,28H,11H2,1-10H3. The molecule has 2 nitrogen and oxygen atoms in total. The number of rotatable bonds is 7. The molecule has 0 saturated carbocycles. The van der Waals surface area contributed by atoms with Crippen LogP contribution < -0.4 is 20.1 Å². The van der Waals surface area contributed by atoms with Crippen LogP contribution in [0.1, 0.15) is 35.6 Å². The Balaban J connectivity index is 2.27. The summed E-state index contributed by atoms with van der Waals surface area (Å²) >= 11 is 0. The largest absolute Gasteiger partial charge is 0.496 e. The fourth-order valence-corrected chi connectivity index (χ4v) is 12.1. The first-order chi connectivity index (χ1) is 15.0. The summed E-state index contributed by atoms with van der Waals surface area (Å²) in [6.45, 7) is 18.5. The lowest BCUT2D eigenvalue weighted by molar-refractivity contribution is 0.408. The highest BCUT2D eigenvalue weighted by atomic mass is 31.1. The molecule has 0 fully saturated rings. The molecule has 1 aliphatic rings. The minimum atomic E-state index is -1.46. The molecule has 0 N–H and O–H groups in total. The van der Waals surface area contributed by atoms with E-state index in [1.807, 2.05) is 0 Å². The van der Waals surface area contributed by atoms with Crippen molar-refractivity contribution >= 4 is 26.6 Å². The molecule has 0 aliphatic heterocycles. The van der Waals surface area contributed by atoms with Crippen molar-refractivity contribution in [2.45, 2.75) is 66.2 Å². The molecule has 1 atom stereocenters. The molecule has 1 aliphatic carbocycles. The molecular formula is C28H39O2PSi. The Bertz CT molecular complexity index is 970. The van der Waals surface area contributed by atoms with Gasteiger partial charge in [0.05, 0.1) is 22.3 Å². The molecule has 0 aromatic heterocycles. The summed E-state index contributed by atoms with van der Waals surface area (Å²) in [4.78, 5) is 0. The van der Waals surface area contributed by atoms with Gasteiger partial charge >= 0.3 is 0 Å². The molecule has 2 aromatic rings.